The standard InChI is InChI=1S/C12H19F3N2O2/c1-9(17-11(19)12(13,14)15)8-16-7-5-3-4-6-10(2)18/h16H,3-8H2,1-2H3/b17-9-. The monoisotopic (exact) mass is 280 g/mol. The molecule has 1 amide bonds. The Labute approximate surface area is 110 Å². The van der Waals surface area contributed by atoms with Gasteiger partial charge in [0.15, 0.2) is 0 Å². The number of carbonyl (C=O) groups excluding carboxylic acids is 2. The molecule has 0 aromatic heterocycles. The predicted octanol–water partition coefficient (Wildman–Crippen LogP) is 2.28. The van der Waals surface area contributed by atoms with Crippen molar-refractivity contribution in [2.75, 3.05) is 13.1 Å². The number of ketones is 1. The third kappa shape index (κ3) is 10.4. The van der Waals surface area contributed by atoms with E-state index < -0.39 is 12.1 Å². The Bertz CT molecular complexity index is 338. The number of rotatable bonds is 8. The Morgan fingerprint density at radius 2 is 1.74 bits per heavy atom. The van der Waals surface area contributed by atoms with Crippen LogP contribution in [0.25, 0.3) is 0 Å². The van der Waals surface area contributed by atoms with Gasteiger partial charge in [0.2, 0.25) is 0 Å². The van der Waals surface area contributed by atoms with Crippen LogP contribution in [0, 0.1) is 0 Å². The van der Waals surface area contributed by atoms with Gasteiger partial charge in [0.1, 0.15) is 5.78 Å². The Morgan fingerprint density at radius 1 is 1.11 bits per heavy atom. The summed E-state index contributed by atoms with van der Waals surface area (Å²) in [5.41, 5.74) is 0.103. The molecule has 0 radical (unpaired) electrons. The number of amides is 1. The van der Waals surface area contributed by atoms with E-state index in [0.29, 0.717) is 13.0 Å². The van der Waals surface area contributed by atoms with Crippen LogP contribution in [0.2, 0.25) is 0 Å². The van der Waals surface area contributed by atoms with Crippen molar-refractivity contribution in [1.82, 2.24) is 5.32 Å². The lowest BCUT2D eigenvalue weighted by Crippen LogP contribution is -2.26. The maximum atomic E-state index is 11.9. The van der Waals surface area contributed by atoms with Crippen LogP contribution in [-0.2, 0) is 9.59 Å². The fourth-order valence-electron chi connectivity index (χ4n) is 1.35. The molecule has 0 atom stereocenters. The zero-order valence-corrected chi connectivity index (χ0v) is 11.1. The van der Waals surface area contributed by atoms with Crippen molar-refractivity contribution in [2.45, 2.75) is 45.7 Å². The second kappa shape index (κ2) is 8.79. The SMILES string of the molecule is CC(=O)CCCCCNC/C(C)=N\C(=O)C(F)(F)F. The lowest BCUT2D eigenvalue weighted by molar-refractivity contribution is -0.169. The Morgan fingerprint density at radius 3 is 2.26 bits per heavy atom. The lowest BCUT2D eigenvalue weighted by Gasteiger charge is -2.05. The lowest BCUT2D eigenvalue weighted by atomic mass is 10.1. The maximum Gasteiger partial charge on any atom is 0.473 e. The van der Waals surface area contributed by atoms with Gasteiger partial charge in [-0.1, -0.05) is 6.42 Å². The van der Waals surface area contributed by atoms with Crippen molar-refractivity contribution in [2.24, 2.45) is 4.99 Å². The Balaban J connectivity index is 3.69. The summed E-state index contributed by atoms with van der Waals surface area (Å²) < 4.78 is 35.7. The van der Waals surface area contributed by atoms with Gasteiger partial charge in [-0.15, -0.1) is 0 Å². The van der Waals surface area contributed by atoms with E-state index in [2.05, 4.69) is 10.3 Å². The molecular formula is C12H19F3N2O2. The van der Waals surface area contributed by atoms with Gasteiger partial charge >= 0.3 is 12.1 Å². The van der Waals surface area contributed by atoms with Gasteiger partial charge in [-0.3, -0.25) is 4.79 Å². The molecule has 0 aliphatic rings. The smallest absolute Gasteiger partial charge is 0.311 e. The van der Waals surface area contributed by atoms with Crippen molar-refractivity contribution in [3.05, 3.63) is 0 Å². The number of unbranched alkanes of at least 4 members (excludes halogenated alkanes) is 2. The van der Waals surface area contributed by atoms with Crippen LogP contribution in [0.4, 0.5) is 13.2 Å². The molecule has 0 bridgehead atoms. The summed E-state index contributed by atoms with van der Waals surface area (Å²) in [6.45, 7) is 3.67. The first kappa shape index (κ1) is 17.8. The number of hydrogen-bond acceptors (Lipinski definition) is 3. The van der Waals surface area contributed by atoms with Crippen molar-refractivity contribution in [3.8, 4) is 0 Å². The van der Waals surface area contributed by atoms with E-state index in [-0.39, 0.29) is 18.0 Å². The summed E-state index contributed by atoms with van der Waals surface area (Å²) in [5, 5.41) is 2.89. The van der Waals surface area contributed by atoms with Crippen LogP contribution in [0.3, 0.4) is 0 Å². The average Bonchev–Trinajstić information content (AvgIpc) is 2.25. The molecule has 1 N–H and O–H groups in total. The van der Waals surface area contributed by atoms with Crippen LogP contribution < -0.4 is 5.32 Å². The molecule has 110 valence electrons. The summed E-state index contributed by atoms with van der Waals surface area (Å²) in [7, 11) is 0. The molecule has 0 aliphatic heterocycles. The van der Waals surface area contributed by atoms with Crippen LogP contribution >= 0.6 is 0 Å². The third-order valence-electron chi connectivity index (χ3n) is 2.30. The number of hydrogen-bond donors (Lipinski definition) is 1. The quantitative estimate of drug-likeness (QED) is 0.548. The van der Waals surface area contributed by atoms with Gasteiger partial charge in [-0.2, -0.15) is 13.2 Å². The molecule has 0 heterocycles. The van der Waals surface area contributed by atoms with Gasteiger partial charge in [-0.05, 0) is 33.2 Å². The fourth-order valence-corrected chi connectivity index (χ4v) is 1.35. The van der Waals surface area contributed by atoms with E-state index in [1.807, 2.05) is 0 Å². The highest BCUT2D eigenvalue weighted by Gasteiger charge is 2.38. The summed E-state index contributed by atoms with van der Waals surface area (Å²) >= 11 is 0. The van der Waals surface area contributed by atoms with E-state index in [1.165, 1.54) is 13.8 Å². The first-order valence-corrected chi connectivity index (χ1v) is 6.09. The van der Waals surface area contributed by atoms with Crippen molar-refractivity contribution in [1.29, 1.82) is 0 Å². The van der Waals surface area contributed by atoms with Crippen LogP contribution in [0.15, 0.2) is 4.99 Å². The summed E-state index contributed by atoms with van der Waals surface area (Å²) in [6, 6.07) is 0. The van der Waals surface area contributed by atoms with Crippen molar-refractivity contribution < 1.29 is 22.8 Å². The van der Waals surface area contributed by atoms with E-state index in [0.717, 1.165) is 19.3 Å². The molecule has 0 rings (SSSR count). The number of alkyl halides is 3. The molecule has 0 fully saturated rings. The van der Waals surface area contributed by atoms with E-state index >= 15 is 0 Å². The number of Topliss-reactive ketones (excluding diaryl/α,β-unsaturated/α-hetero) is 1. The van der Waals surface area contributed by atoms with E-state index in [1.54, 1.807) is 0 Å². The highest BCUT2D eigenvalue weighted by molar-refractivity contribution is 5.97. The fraction of sp³-hybridized carbons (Fsp3) is 0.750. The second-order valence-corrected chi connectivity index (χ2v) is 4.34. The number of carbonyl (C=O) groups is 2. The minimum atomic E-state index is -4.91. The number of nitrogens with one attached hydrogen (secondary N) is 1. The van der Waals surface area contributed by atoms with Crippen LogP contribution in [0.1, 0.15) is 39.5 Å². The van der Waals surface area contributed by atoms with Gasteiger partial charge in [0.05, 0.1) is 0 Å². The molecule has 4 nitrogen and oxygen atoms in total. The number of aliphatic imine (C=N–C) groups is 1. The summed E-state index contributed by atoms with van der Waals surface area (Å²) in [4.78, 5) is 24.1. The summed E-state index contributed by atoms with van der Waals surface area (Å²) in [6.07, 6.45) is -1.83. The van der Waals surface area contributed by atoms with E-state index in [9.17, 15) is 22.8 Å². The van der Waals surface area contributed by atoms with E-state index in [4.69, 9.17) is 0 Å². The van der Waals surface area contributed by atoms with Gasteiger partial charge < -0.3 is 10.1 Å². The number of halogens is 3. The first-order chi connectivity index (χ1) is 8.73. The van der Waals surface area contributed by atoms with Gasteiger partial charge in [0.25, 0.3) is 0 Å². The largest absolute Gasteiger partial charge is 0.473 e. The molecule has 7 heteroatoms. The topological polar surface area (TPSA) is 58.5 Å². The minimum absolute atomic E-state index is 0.103. The molecule has 0 unspecified atom stereocenters. The molecule has 0 saturated heterocycles. The average molecular weight is 280 g/mol. The Kier molecular flexibility index (Phi) is 8.22. The predicted molar refractivity (Wildman–Crippen MR) is 66.2 cm³/mol. The first-order valence-electron chi connectivity index (χ1n) is 6.09. The van der Waals surface area contributed by atoms with Crippen molar-refractivity contribution >= 4 is 17.4 Å². The molecule has 0 aromatic rings. The molecule has 0 aromatic carbocycles. The third-order valence-corrected chi connectivity index (χ3v) is 2.30. The van der Waals surface area contributed by atoms with Gasteiger partial charge in [-0.25, -0.2) is 4.99 Å². The molecule has 0 spiro atoms. The normalized spacial score (nSPS) is 12.6. The molecule has 19 heavy (non-hydrogen) atoms. The highest BCUT2D eigenvalue weighted by Crippen LogP contribution is 2.16. The minimum Gasteiger partial charge on any atom is -0.311 e. The van der Waals surface area contributed by atoms with Crippen molar-refractivity contribution in [3.63, 3.8) is 0 Å². The molecule has 0 saturated carbocycles. The zero-order valence-electron chi connectivity index (χ0n) is 11.1. The maximum absolute atomic E-state index is 11.9. The summed E-state index contributed by atoms with van der Waals surface area (Å²) in [5.74, 6) is -1.92. The van der Waals surface area contributed by atoms with Crippen LogP contribution in [-0.4, -0.2) is 36.7 Å². The van der Waals surface area contributed by atoms with Crippen LogP contribution in [0.5, 0.6) is 0 Å². The Hall–Kier alpha value is -1.24. The second-order valence-electron chi connectivity index (χ2n) is 4.34. The highest BCUT2D eigenvalue weighted by atomic mass is 19.4. The molecular weight excluding hydrogens is 261 g/mol. The van der Waals surface area contributed by atoms with Gasteiger partial charge in [0, 0.05) is 18.7 Å². The zero-order chi connectivity index (χ0) is 14.9. The number of nitrogens with zero attached hydrogens (tertiary/aromatic N) is 1. The molecule has 0 aliphatic carbocycles.